The van der Waals surface area contributed by atoms with Crippen LogP contribution in [0.2, 0.25) is 0 Å². The smallest absolute Gasteiger partial charge is 0.246 e. The number of likely N-dealkylation sites (tertiary alicyclic amines) is 2. The zero-order chi connectivity index (χ0) is 13.2. The Kier molecular flexibility index (Phi) is 3.92. The monoisotopic (exact) mass is 262 g/mol. The molecule has 0 spiro atoms. The van der Waals surface area contributed by atoms with Crippen LogP contribution in [0.15, 0.2) is 11.6 Å². The Hall–Kier alpha value is -0.830. The lowest BCUT2D eigenvalue weighted by molar-refractivity contribution is -0.127. The van der Waals surface area contributed by atoms with Crippen LogP contribution in [-0.4, -0.2) is 47.9 Å². The summed E-state index contributed by atoms with van der Waals surface area (Å²) in [4.78, 5) is 17.1. The number of nitrogens with zero attached hydrogens (tertiary/aromatic N) is 2. The first kappa shape index (κ1) is 13.2. The Morgan fingerprint density at radius 1 is 1.11 bits per heavy atom. The molecule has 1 saturated carbocycles. The summed E-state index contributed by atoms with van der Waals surface area (Å²) in [5, 5.41) is 0. The maximum atomic E-state index is 12.4. The third-order valence-electron chi connectivity index (χ3n) is 4.90. The number of carbonyl (C=O) groups excluding carboxylic acids is 1. The van der Waals surface area contributed by atoms with Gasteiger partial charge in [-0.15, -0.1) is 0 Å². The molecule has 1 atom stereocenters. The van der Waals surface area contributed by atoms with Crippen LogP contribution in [0.25, 0.3) is 0 Å². The Bertz CT molecular complexity index is 367. The maximum absolute atomic E-state index is 12.4. The van der Waals surface area contributed by atoms with E-state index >= 15 is 0 Å². The van der Waals surface area contributed by atoms with E-state index in [2.05, 4.69) is 16.7 Å². The topological polar surface area (TPSA) is 23.6 Å². The molecule has 3 rings (SSSR count). The summed E-state index contributed by atoms with van der Waals surface area (Å²) in [7, 11) is 0. The number of rotatable bonds is 4. The van der Waals surface area contributed by atoms with Gasteiger partial charge >= 0.3 is 0 Å². The molecule has 0 aromatic rings. The summed E-state index contributed by atoms with van der Waals surface area (Å²) in [6.45, 7) is 6.65. The molecule has 0 unspecified atom stereocenters. The van der Waals surface area contributed by atoms with Crippen molar-refractivity contribution in [2.75, 3.05) is 26.2 Å². The van der Waals surface area contributed by atoms with Crippen LogP contribution in [0.1, 0.15) is 45.4 Å². The van der Waals surface area contributed by atoms with Gasteiger partial charge in [0.2, 0.25) is 5.91 Å². The summed E-state index contributed by atoms with van der Waals surface area (Å²) < 4.78 is 0. The molecular formula is C16H26N2O. The highest BCUT2D eigenvalue weighted by Crippen LogP contribution is 2.36. The second-order valence-corrected chi connectivity index (χ2v) is 6.50. The summed E-state index contributed by atoms with van der Waals surface area (Å²) in [6.07, 6.45) is 9.53. The molecule has 2 aliphatic heterocycles. The fraction of sp³-hybridized carbons (Fsp3) is 0.812. The first-order valence-corrected chi connectivity index (χ1v) is 7.95. The fourth-order valence-corrected chi connectivity index (χ4v) is 3.51. The van der Waals surface area contributed by atoms with Gasteiger partial charge in [0.05, 0.1) is 0 Å². The minimum atomic E-state index is 0.270. The van der Waals surface area contributed by atoms with Gasteiger partial charge in [0.25, 0.3) is 0 Å². The highest BCUT2D eigenvalue weighted by molar-refractivity contribution is 5.88. The van der Waals surface area contributed by atoms with E-state index < -0.39 is 0 Å². The minimum Gasteiger partial charge on any atom is -0.335 e. The van der Waals surface area contributed by atoms with Gasteiger partial charge in [0, 0.05) is 25.2 Å². The van der Waals surface area contributed by atoms with Crippen LogP contribution in [-0.2, 0) is 4.79 Å². The van der Waals surface area contributed by atoms with Crippen LogP contribution in [0.3, 0.4) is 0 Å². The van der Waals surface area contributed by atoms with Crippen molar-refractivity contribution >= 4 is 5.91 Å². The fourth-order valence-electron chi connectivity index (χ4n) is 3.51. The van der Waals surface area contributed by atoms with Gasteiger partial charge in [-0.2, -0.15) is 0 Å². The molecule has 2 saturated heterocycles. The molecule has 0 N–H and O–H groups in total. The quantitative estimate of drug-likeness (QED) is 0.727. The molecule has 3 fully saturated rings. The predicted molar refractivity (Wildman–Crippen MR) is 76.9 cm³/mol. The summed E-state index contributed by atoms with van der Waals surface area (Å²) >= 11 is 0. The Labute approximate surface area is 116 Å². The lowest BCUT2D eigenvalue weighted by Crippen LogP contribution is -2.42. The molecule has 0 radical (unpaired) electrons. The van der Waals surface area contributed by atoms with E-state index in [0.717, 1.165) is 13.1 Å². The average molecular weight is 262 g/mol. The molecule has 19 heavy (non-hydrogen) atoms. The van der Waals surface area contributed by atoms with Crippen LogP contribution >= 0.6 is 0 Å². The van der Waals surface area contributed by atoms with Gasteiger partial charge in [0.15, 0.2) is 0 Å². The third-order valence-corrected chi connectivity index (χ3v) is 4.90. The van der Waals surface area contributed by atoms with Crippen molar-refractivity contribution in [2.24, 2.45) is 5.92 Å². The van der Waals surface area contributed by atoms with Crippen molar-refractivity contribution in [1.82, 2.24) is 9.80 Å². The maximum Gasteiger partial charge on any atom is 0.246 e. The van der Waals surface area contributed by atoms with Gasteiger partial charge in [-0.05, 0) is 64.5 Å². The number of amides is 1. The summed E-state index contributed by atoms with van der Waals surface area (Å²) in [6, 6.07) is 0.467. The lowest BCUT2D eigenvalue weighted by Gasteiger charge is -2.28. The first-order valence-electron chi connectivity index (χ1n) is 7.95. The zero-order valence-corrected chi connectivity index (χ0v) is 12.1. The van der Waals surface area contributed by atoms with Crippen LogP contribution < -0.4 is 0 Å². The second-order valence-electron chi connectivity index (χ2n) is 6.50. The van der Waals surface area contributed by atoms with Crippen molar-refractivity contribution in [3.63, 3.8) is 0 Å². The van der Waals surface area contributed by atoms with Gasteiger partial charge in [-0.3, -0.25) is 4.79 Å². The lowest BCUT2D eigenvalue weighted by atomic mass is 10.1. The van der Waals surface area contributed by atoms with E-state index in [-0.39, 0.29) is 5.91 Å². The minimum absolute atomic E-state index is 0.270. The predicted octanol–water partition coefficient (Wildman–Crippen LogP) is 2.43. The highest BCUT2D eigenvalue weighted by atomic mass is 16.2. The Morgan fingerprint density at radius 3 is 2.53 bits per heavy atom. The van der Waals surface area contributed by atoms with E-state index in [1.54, 1.807) is 0 Å². The van der Waals surface area contributed by atoms with Gasteiger partial charge in [-0.1, -0.05) is 5.57 Å². The molecule has 3 nitrogen and oxygen atoms in total. The average Bonchev–Trinajstić information content (AvgIpc) is 2.93. The SMILES string of the molecule is C/C(=C/C(=O)N1CCC[C@H]1CN1CCCC1)C1CC1. The van der Waals surface area contributed by atoms with Gasteiger partial charge in [0.1, 0.15) is 0 Å². The van der Waals surface area contributed by atoms with Crippen LogP contribution in [0, 0.1) is 5.92 Å². The number of hydrogen-bond acceptors (Lipinski definition) is 2. The summed E-state index contributed by atoms with van der Waals surface area (Å²) in [5.74, 6) is 0.981. The molecule has 0 aromatic carbocycles. The molecule has 1 amide bonds. The number of allylic oxidation sites excluding steroid dienone is 1. The first-order chi connectivity index (χ1) is 9.24. The van der Waals surface area contributed by atoms with Gasteiger partial charge < -0.3 is 9.80 Å². The van der Waals surface area contributed by atoms with E-state index in [9.17, 15) is 4.79 Å². The van der Waals surface area contributed by atoms with E-state index in [0.29, 0.717) is 12.0 Å². The standard InChI is InChI=1S/C16H26N2O/c1-13(14-6-7-14)11-16(19)18-10-4-5-15(18)12-17-8-2-3-9-17/h11,14-15H,2-10,12H2,1H3/b13-11-/t15-/m0/s1. The van der Waals surface area contributed by atoms with Crippen LogP contribution in [0.4, 0.5) is 0 Å². The van der Waals surface area contributed by atoms with E-state index in [1.807, 2.05) is 6.08 Å². The molecule has 1 aliphatic carbocycles. The number of carbonyl (C=O) groups is 1. The van der Waals surface area contributed by atoms with Crippen molar-refractivity contribution in [2.45, 2.75) is 51.5 Å². The van der Waals surface area contributed by atoms with Gasteiger partial charge in [-0.25, -0.2) is 0 Å². The summed E-state index contributed by atoms with van der Waals surface area (Å²) in [5.41, 5.74) is 1.30. The van der Waals surface area contributed by atoms with Crippen molar-refractivity contribution in [3.8, 4) is 0 Å². The molecule has 0 bridgehead atoms. The molecular weight excluding hydrogens is 236 g/mol. The van der Waals surface area contributed by atoms with E-state index in [1.165, 1.54) is 57.2 Å². The van der Waals surface area contributed by atoms with Crippen molar-refractivity contribution in [1.29, 1.82) is 0 Å². The number of hydrogen-bond donors (Lipinski definition) is 0. The molecule has 2 heterocycles. The molecule has 3 heteroatoms. The Balaban J connectivity index is 1.58. The largest absolute Gasteiger partial charge is 0.335 e. The zero-order valence-electron chi connectivity index (χ0n) is 12.1. The van der Waals surface area contributed by atoms with Crippen LogP contribution in [0.5, 0.6) is 0 Å². The normalized spacial score (nSPS) is 29.2. The molecule has 106 valence electrons. The van der Waals surface area contributed by atoms with E-state index in [4.69, 9.17) is 0 Å². The second kappa shape index (κ2) is 5.66. The van der Waals surface area contributed by atoms with Crippen molar-refractivity contribution in [3.05, 3.63) is 11.6 Å². The third kappa shape index (κ3) is 3.19. The Morgan fingerprint density at radius 2 is 1.84 bits per heavy atom. The molecule has 0 aromatic heterocycles. The molecule has 3 aliphatic rings. The highest BCUT2D eigenvalue weighted by Gasteiger charge is 2.31. The van der Waals surface area contributed by atoms with Crippen molar-refractivity contribution < 1.29 is 4.79 Å².